The molecule has 0 aliphatic carbocycles. The van der Waals surface area contributed by atoms with Crippen molar-refractivity contribution in [2.45, 2.75) is 18.9 Å². The Labute approximate surface area is 91.3 Å². The Balaban J connectivity index is 2.22. The van der Waals surface area contributed by atoms with E-state index in [1.165, 1.54) is 0 Å². The molecule has 0 saturated carbocycles. The lowest BCUT2D eigenvalue weighted by atomic mass is 10.1. The van der Waals surface area contributed by atoms with Gasteiger partial charge in [0.1, 0.15) is 0 Å². The number of nitrogens with one attached hydrogen (secondary N) is 1. The maximum absolute atomic E-state index is 11.5. The molecule has 0 aromatic heterocycles. The van der Waals surface area contributed by atoms with Crippen LogP contribution >= 0.6 is 0 Å². The van der Waals surface area contributed by atoms with Gasteiger partial charge in [-0.1, -0.05) is 0 Å². The van der Waals surface area contributed by atoms with Gasteiger partial charge in [0.2, 0.25) is 5.91 Å². The van der Waals surface area contributed by atoms with Crippen molar-refractivity contribution in [1.82, 2.24) is 15.3 Å². The van der Waals surface area contributed by atoms with Gasteiger partial charge in [0.05, 0.1) is 13.7 Å². The summed E-state index contributed by atoms with van der Waals surface area (Å²) in [4.78, 5) is 20.2. The van der Waals surface area contributed by atoms with E-state index in [4.69, 9.17) is 4.84 Å². The Morgan fingerprint density at radius 1 is 1.47 bits per heavy atom. The quantitative estimate of drug-likeness (QED) is 0.653. The summed E-state index contributed by atoms with van der Waals surface area (Å²) in [6, 6.07) is 0.431. The Morgan fingerprint density at radius 2 is 2.07 bits per heavy atom. The molecule has 1 fully saturated rings. The number of piperidine rings is 1. The highest BCUT2D eigenvalue weighted by molar-refractivity contribution is 5.77. The van der Waals surface area contributed by atoms with E-state index in [9.17, 15) is 4.79 Å². The normalized spacial score (nSPS) is 19.1. The Morgan fingerprint density at radius 3 is 2.53 bits per heavy atom. The lowest BCUT2D eigenvalue weighted by Crippen LogP contribution is -2.45. The molecule has 5 heteroatoms. The molecule has 0 bridgehead atoms. The summed E-state index contributed by atoms with van der Waals surface area (Å²) in [6.07, 6.45) is 2.07. The predicted molar refractivity (Wildman–Crippen MR) is 58.3 cm³/mol. The first-order valence-electron chi connectivity index (χ1n) is 5.34. The van der Waals surface area contributed by atoms with E-state index in [-0.39, 0.29) is 5.91 Å². The second kappa shape index (κ2) is 6.05. The van der Waals surface area contributed by atoms with Gasteiger partial charge in [-0.05, 0) is 12.8 Å². The first kappa shape index (κ1) is 12.4. The van der Waals surface area contributed by atoms with Crippen molar-refractivity contribution < 1.29 is 9.63 Å². The lowest BCUT2D eigenvalue weighted by Gasteiger charge is -2.31. The van der Waals surface area contributed by atoms with E-state index in [0.29, 0.717) is 12.6 Å². The highest BCUT2D eigenvalue weighted by Gasteiger charge is 2.20. The number of likely N-dealkylation sites (N-methyl/N-ethyl adjacent to an activating group) is 1. The number of likely N-dealkylation sites (tertiary alicyclic amines) is 1. The molecule has 1 N–H and O–H groups in total. The summed E-state index contributed by atoms with van der Waals surface area (Å²) < 4.78 is 0. The molecule has 0 atom stereocenters. The molecular weight excluding hydrogens is 194 g/mol. The van der Waals surface area contributed by atoms with Crippen LogP contribution in [0.15, 0.2) is 0 Å². The summed E-state index contributed by atoms with van der Waals surface area (Å²) in [7, 11) is 5.23. The summed E-state index contributed by atoms with van der Waals surface area (Å²) in [6.45, 7) is 2.45. The largest absolute Gasteiger partial charge is 0.348 e. The monoisotopic (exact) mass is 215 g/mol. The fraction of sp³-hybridized carbons (Fsp3) is 0.900. The van der Waals surface area contributed by atoms with Crippen molar-refractivity contribution >= 4 is 5.91 Å². The maximum atomic E-state index is 11.5. The van der Waals surface area contributed by atoms with Gasteiger partial charge in [-0.3, -0.25) is 9.69 Å². The molecule has 1 aliphatic rings. The van der Waals surface area contributed by atoms with E-state index in [0.717, 1.165) is 25.9 Å². The van der Waals surface area contributed by atoms with Crippen molar-refractivity contribution in [2.24, 2.45) is 0 Å². The third-order valence-corrected chi connectivity index (χ3v) is 2.73. The SMILES string of the molecule is CONC1CCN(CC(=O)N(C)C)CC1. The second-order valence-corrected chi connectivity index (χ2v) is 4.16. The van der Waals surface area contributed by atoms with Gasteiger partial charge in [-0.25, -0.2) is 0 Å². The van der Waals surface area contributed by atoms with Gasteiger partial charge in [0.15, 0.2) is 0 Å². The zero-order valence-corrected chi connectivity index (χ0v) is 9.82. The minimum atomic E-state index is 0.174. The van der Waals surface area contributed by atoms with E-state index >= 15 is 0 Å². The van der Waals surface area contributed by atoms with E-state index in [1.54, 1.807) is 26.1 Å². The first-order chi connectivity index (χ1) is 7.13. The van der Waals surface area contributed by atoms with Crippen LogP contribution in [0.3, 0.4) is 0 Å². The molecule has 0 radical (unpaired) electrons. The molecule has 1 aliphatic heterocycles. The molecule has 88 valence electrons. The van der Waals surface area contributed by atoms with Gasteiger partial charge in [0.25, 0.3) is 0 Å². The van der Waals surface area contributed by atoms with Crippen LogP contribution in [0.1, 0.15) is 12.8 Å². The van der Waals surface area contributed by atoms with E-state index < -0.39 is 0 Å². The Kier molecular flexibility index (Phi) is 5.01. The van der Waals surface area contributed by atoms with Crippen LogP contribution < -0.4 is 5.48 Å². The molecule has 0 spiro atoms. The Bertz CT molecular complexity index is 201. The van der Waals surface area contributed by atoms with Gasteiger partial charge in [-0.2, -0.15) is 5.48 Å². The average molecular weight is 215 g/mol. The topological polar surface area (TPSA) is 44.8 Å². The molecule has 1 rings (SSSR count). The fourth-order valence-corrected chi connectivity index (χ4v) is 1.71. The molecule has 15 heavy (non-hydrogen) atoms. The van der Waals surface area contributed by atoms with Crippen LogP contribution in [-0.4, -0.2) is 62.6 Å². The predicted octanol–water partition coefficient (Wildman–Crippen LogP) is -0.310. The van der Waals surface area contributed by atoms with Crippen molar-refractivity contribution in [2.75, 3.05) is 40.8 Å². The minimum Gasteiger partial charge on any atom is -0.348 e. The standard InChI is InChI=1S/C10H21N3O2/c1-12(2)10(14)8-13-6-4-9(5-7-13)11-15-3/h9,11H,4-8H2,1-3H3. The minimum absolute atomic E-state index is 0.174. The van der Waals surface area contributed by atoms with E-state index in [1.807, 2.05) is 0 Å². The van der Waals surface area contributed by atoms with Crippen LogP contribution in [0.4, 0.5) is 0 Å². The zero-order chi connectivity index (χ0) is 11.3. The number of carbonyl (C=O) groups is 1. The number of carbonyl (C=O) groups excluding carboxylic acids is 1. The molecule has 0 aromatic carbocycles. The number of amides is 1. The number of hydroxylamine groups is 1. The molecule has 1 saturated heterocycles. The molecule has 1 heterocycles. The van der Waals surface area contributed by atoms with Crippen molar-refractivity contribution in [3.63, 3.8) is 0 Å². The molecule has 0 unspecified atom stereocenters. The summed E-state index contributed by atoms with van der Waals surface area (Å²) in [5, 5.41) is 0. The molecule has 5 nitrogen and oxygen atoms in total. The van der Waals surface area contributed by atoms with Crippen LogP contribution in [0.5, 0.6) is 0 Å². The second-order valence-electron chi connectivity index (χ2n) is 4.16. The van der Waals surface area contributed by atoms with Gasteiger partial charge < -0.3 is 9.74 Å². The summed E-state index contributed by atoms with van der Waals surface area (Å²) in [5.41, 5.74) is 2.96. The van der Waals surface area contributed by atoms with Crippen molar-refractivity contribution in [3.05, 3.63) is 0 Å². The molecule has 0 aromatic rings. The zero-order valence-electron chi connectivity index (χ0n) is 9.82. The van der Waals surface area contributed by atoms with Crippen LogP contribution in [0.25, 0.3) is 0 Å². The lowest BCUT2D eigenvalue weighted by molar-refractivity contribution is -0.130. The fourth-order valence-electron chi connectivity index (χ4n) is 1.71. The van der Waals surface area contributed by atoms with Crippen LogP contribution in [-0.2, 0) is 9.63 Å². The highest BCUT2D eigenvalue weighted by Crippen LogP contribution is 2.09. The number of rotatable bonds is 4. The maximum Gasteiger partial charge on any atom is 0.236 e. The number of nitrogens with zero attached hydrogens (tertiary/aromatic N) is 2. The summed E-state index contributed by atoms with van der Waals surface area (Å²) >= 11 is 0. The Hall–Kier alpha value is -0.650. The van der Waals surface area contributed by atoms with Crippen molar-refractivity contribution in [1.29, 1.82) is 0 Å². The van der Waals surface area contributed by atoms with Crippen LogP contribution in [0.2, 0.25) is 0 Å². The molecular formula is C10H21N3O2. The molecule has 1 amide bonds. The first-order valence-corrected chi connectivity index (χ1v) is 5.34. The van der Waals surface area contributed by atoms with E-state index in [2.05, 4.69) is 10.4 Å². The smallest absolute Gasteiger partial charge is 0.236 e. The third kappa shape index (κ3) is 4.15. The van der Waals surface area contributed by atoms with Gasteiger partial charge in [-0.15, -0.1) is 0 Å². The van der Waals surface area contributed by atoms with Crippen LogP contribution in [0, 0.1) is 0 Å². The number of hydrogen-bond acceptors (Lipinski definition) is 4. The van der Waals surface area contributed by atoms with Gasteiger partial charge >= 0.3 is 0 Å². The highest BCUT2D eigenvalue weighted by atomic mass is 16.6. The summed E-state index contributed by atoms with van der Waals surface area (Å²) in [5.74, 6) is 0.174. The van der Waals surface area contributed by atoms with Gasteiger partial charge in [0, 0.05) is 33.2 Å². The average Bonchev–Trinajstić information content (AvgIpc) is 2.21. The van der Waals surface area contributed by atoms with Crippen molar-refractivity contribution in [3.8, 4) is 0 Å². The number of hydrogen-bond donors (Lipinski definition) is 1. The third-order valence-electron chi connectivity index (χ3n) is 2.73.